The molecule has 2 atom stereocenters. The van der Waals surface area contributed by atoms with Crippen LogP contribution in [0.2, 0.25) is 0 Å². The normalized spacial score (nSPS) is 12.4. The number of rotatable bonds is 13. The third-order valence-electron chi connectivity index (χ3n) is 3.79. The lowest BCUT2D eigenvalue weighted by atomic mass is 9.99. The van der Waals surface area contributed by atoms with Gasteiger partial charge in [-0.15, -0.1) is 9.24 Å². The molecular formula is C18H37P. The second-order valence-corrected chi connectivity index (χ2v) is 6.76. The summed E-state index contributed by atoms with van der Waals surface area (Å²) in [7, 11) is 3.05. The minimum atomic E-state index is 0.713. The van der Waals surface area contributed by atoms with E-state index < -0.39 is 0 Å². The van der Waals surface area contributed by atoms with Gasteiger partial charge < -0.3 is 0 Å². The molecule has 0 aliphatic heterocycles. The van der Waals surface area contributed by atoms with Gasteiger partial charge in [-0.05, 0) is 37.8 Å². The van der Waals surface area contributed by atoms with Gasteiger partial charge in [-0.25, -0.2) is 0 Å². The van der Waals surface area contributed by atoms with Crippen molar-refractivity contribution < 1.29 is 0 Å². The topological polar surface area (TPSA) is 0 Å². The Kier molecular flexibility index (Phi) is 14.7. The zero-order valence-electron chi connectivity index (χ0n) is 13.7. The molecule has 0 saturated carbocycles. The van der Waals surface area contributed by atoms with Crippen LogP contribution in [0.3, 0.4) is 0 Å². The minimum absolute atomic E-state index is 0.713. The summed E-state index contributed by atoms with van der Waals surface area (Å²) < 4.78 is 0. The molecule has 0 spiro atoms. The van der Waals surface area contributed by atoms with Gasteiger partial charge in [0, 0.05) is 0 Å². The van der Waals surface area contributed by atoms with Crippen LogP contribution >= 0.6 is 9.24 Å². The average molecular weight is 284 g/mol. The molecule has 0 fully saturated rings. The predicted octanol–water partition coefficient (Wildman–Crippen LogP) is 6.90. The van der Waals surface area contributed by atoms with Gasteiger partial charge in [0.2, 0.25) is 0 Å². The van der Waals surface area contributed by atoms with E-state index in [1.807, 2.05) is 0 Å². The molecule has 0 heterocycles. The molecule has 0 amide bonds. The van der Waals surface area contributed by atoms with Crippen LogP contribution < -0.4 is 0 Å². The molecule has 0 aromatic heterocycles. The number of hydrogen-bond acceptors (Lipinski definition) is 0. The molecule has 0 aliphatic rings. The molecule has 0 saturated heterocycles. The maximum Gasteiger partial charge on any atom is -0.00830 e. The maximum atomic E-state index is 3.05. The lowest BCUT2D eigenvalue weighted by Gasteiger charge is -2.12. The van der Waals surface area contributed by atoms with E-state index in [-0.39, 0.29) is 0 Å². The van der Waals surface area contributed by atoms with Crippen LogP contribution in [0, 0.1) is 0 Å². The fraction of sp³-hybridized carbons (Fsp3) is 0.889. The predicted molar refractivity (Wildman–Crippen MR) is 94.0 cm³/mol. The highest BCUT2D eigenvalue weighted by Crippen LogP contribution is 2.21. The second-order valence-electron chi connectivity index (χ2n) is 5.90. The van der Waals surface area contributed by atoms with Crippen LogP contribution in [-0.2, 0) is 0 Å². The molecule has 0 nitrogen and oxygen atoms in total. The number of hydrogen-bond donors (Lipinski definition) is 0. The Morgan fingerprint density at radius 3 is 1.74 bits per heavy atom. The van der Waals surface area contributed by atoms with Crippen molar-refractivity contribution in [3.05, 3.63) is 11.6 Å². The molecular weight excluding hydrogens is 247 g/mol. The summed E-state index contributed by atoms with van der Waals surface area (Å²) in [6.45, 7) is 6.88. The van der Waals surface area contributed by atoms with E-state index in [9.17, 15) is 0 Å². The lowest BCUT2D eigenvalue weighted by Crippen LogP contribution is -1.97. The van der Waals surface area contributed by atoms with Crippen molar-refractivity contribution in [1.29, 1.82) is 0 Å². The zero-order chi connectivity index (χ0) is 14.3. The third-order valence-corrected chi connectivity index (χ3v) is 4.32. The molecule has 0 rings (SSSR count). The molecule has 2 unspecified atom stereocenters. The standard InChI is InChI=1S/C18H37P/c1-4-7-10-13-17(14-11-8-5-2)16-18(19)15-12-9-6-3/h16,18H,4-15,19H2,1-3H3. The van der Waals surface area contributed by atoms with Gasteiger partial charge in [0.15, 0.2) is 0 Å². The van der Waals surface area contributed by atoms with E-state index in [1.165, 1.54) is 77.0 Å². The van der Waals surface area contributed by atoms with Gasteiger partial charge in [-0.3, -0.25) is 0 Å². The Balaban J connectivity index is 4.09. The molecule has 0 bridgehead atoms. The summed E-state index contributed by atoms with van der Waals surface area (Å²) in [5.41, 5.74) is 2.45. The fourth-order valence-electron chi connectivity index (χ4n) is 2.51. The maximum absolute atomic E-state index is 3.05. The van der Waals surface area contributed by atoms with Crippen molar-refractivity contribution >= 4 is 9.24 Å². The van der Waals surface area contributed by atoms with Crippen LogP contribution in [0.4, 0.5) is 0 Å². The third kappa shape index (κ3) is 12.9. The van der Waals surface area contributed by atoms with Gasteiger partial charge in [-0.2, -0.15) is 0 Å². The first-order chi connectivity index (χ1) is 9.24. The van der Waals surface area contributed by atoms with Crippen LogP contribution in [0.5, 0.6) is 0 Å². The average Bonchev–Trinajstić information content (AvgIpc) is 2.39. The molecule has 19 heavy (non-hydrogen) atoms. The smallest absolute Gasteiger partial charge is 0.00830 e. The molecule has 0 aromatic carbocycles. The van der Waals surface area contributed by atoms with Gasteiger partial charge in [0.25, 0.3) is 0 Å². The van der Waals surface area contributed by atoms with E-state index in [2.05, 4.69) is 36.1 Å². The summed E-state index contributed by atoms with van der Waals surface area (Å²) in [6.07, 6.45) is 19.0. The van der Waals surface area contributed by atoms with Crippen LogP contribution in [0.1, 0.15) is 97.8 Å². The van der Waals surface area contributed by atoms with Crippen molar-refractivity contribution in [1.82, 2.24) is 0 Å². The second kappa shape index (κ2) is 14.6. The van der Waals surface area contributed by atoms with Gasteiger partial charge in [-0.1, -0.05) is 77.4 Å². The Morgan fingerprint density at radius 1 is 0.789 bits per heavy atom. The highest BCUT2D eigenvalue weighted by molar-refractivity contribution is 7.17. The van der Waals surface area contributed by atoms with Crippen molar-refractivity contribution in [3.63, 3.8) is 0 Å². The highest BCUT2D eigenvalue weighted by atomic mass is 31.0. The van der Waals surface area contributed by atoms with Crippen molar-refractivity contribution in [2.75, 3.05) is 0 Å². The summed E-state index contributed by atoms with van der Waals surface area (Å²) in [5.74, 6) is 0. The van der Waals surface area contributed by atoms with Crippen LogP contribution in [-0.4, -0.2) is 5.66 Å². The first kappa shape index (κ1) is 19.2. The zero-order valence-corrected chi connectivity index (χ0v) is 14.9. The molecule has 114 valence electrons. The summed E-state index contributed by atoms with van der Waals surface area (Å²) in [4.78, 5) is 0. The Bertz CT molecular complexity index is 196. The molecule has 0 aromatic rings. The first-order valence-electron chi connectivity index (χ1n) is 8.69. The minimum Gasteiger partial charge on any atom is -0.130 e. The highest BCUT2D eigenvalue weighted by Gasteiger charge is 2.03. The molecule has 0 radical (unpaired) electrons. The molecule has 0 aliphatic carbocycles. The largest absolute Gasteiger partial charge is 0.130 e. The Morgan fingerprint density at radius 2 is 1.26 bits per heavy atom. The van der Waals surface area contributed by atoms with E-state index in [0.29, 0.717) is 5.66 Å². The Labute approximate surface area is 125 Å². The summed E-state index contributed by atoms with van der Waals surface area (Å²) >= 11 is 0. The molecule has 0 N–H and O–H groups in total. The van der Waals surface area contributed by atoms with E-state index >= 15 is 0 Å². The number of unbranched alkanes of at least 4 members (excludes halogenated alkanes) is 6. The number of allylic oxidation sites excluding steroid dienone is 2. The fourth-order valence-corrected chi connectivity index (χ4v) is 3.02. The van der Waals surface area contributed by atoms with Gasteiger partial charge in [0.05, 0.1) is 0 Å². The monoisotopic (exact) mass is 284 g/mol. The van der Waals surface area contributed by atoms with Gasteiger partial charge >= 0.3 is 0 Å². The summed E-state index contributed by atoms with van der Waals surface area (Å²) in [5, 5.41) is 0. The van der Waals surface area contributed by atoms with Crippen molar-refractivity contribution in [2.24, 2.45) is 0 Å². The summed E-state index contributed by atoms with van der Waals surface area (Å²) in [6, 6.07) is 0. The van der Waals surface area contributed by atoms with E-state index in [1.54, 1.807) is 5.57 Å². The van der Waals surface area contributed by atoms with E-state index in [4.69, 9.17) is 0 Å². The van der Waals surface area contributed by atoms with Gasteiger partial charge in [0.1, 0.15) is 0 Å². The van der Waals surface area contributed by atoms with Crippen LogP contribution in [0.15, 0.2) is 11.6 Å². The van der Waals surface area contributed by atoms with Crippen LogP contribution in [0.25, 0.3) is 0 Å². The first-order valence-corrected chi connectivity index (χ1v) is 9.36. The SMILES string of the molecule is CCCCCC(=CC(P)CCCCC)CCCCC. The quantitative estimate of drug-likeness (QED) is 0.196. The molecule has 1 heteroatoms. The van der Waals surface area contributed by atoms with E-state index in [0.717, 1.165) is 0 Å². The Hall–Kier alpha value is 0.170. The lowest BCUT2D eigenvalue weighted by molar-refractivity contribution is 0.648. The van der Waals surface area contributed by atoms with Crippen molar-refractivity contribution in [3.8, 4) is 0 Å². The van der Waals surface area contributed by atoms with Crippen molar-refractivity contribution in [2.45, 2.75) is 103 Å².